The van der Waals surface area contributed by atoms with Crippen LogP contribution in [0.25, 0.3) is 0 Å². The molecule has 6 nitrogen and oxygen atoms in total. The molecule has 162 valence electrons. The van der Waals surface area contributed by atoms with Crippen molar-refractivity contribution in [2.45, 2.75) is 110 Å². The second-order valence-electron chi connectivity index (χ2n) is 6.90. The highest BCUT2D eigenvalue weighted by molar-refractivity contribution is 5.85. The quantitative estimate of drug-likeness (QED) is 0.210. The zero-order chi connectivity index (χ0) is 20.8. The maximum Gasteiger partial charge on any atom is 0.313 e. The lowest BCUT2D eigenvalue weighted by molar-refractivity contribution is -0.159. The molecule has 0 saturated heterocycles. The number of hydrogen-bond acceptors (Lipinski definition) is 6. The van der Waals surface area contributed by atoms with Crippen molar-refractivity contribution in [3.63, 3.8) is 0 Å². The van der Waals surface area contributed by atoms with E-state index in [0.717, 1.165) is 32.1 Å². The molecule has 0 rings (SSSR count). The molecule has 0 saturated carbocycles. The van der Waals surface area contributed by atoms with Gasteiger partial charge in [0.05, 0.1) is 13.2 Å². The third-order valence-corrected chi connectivity index (χ3v) is 4.12. The zero-order valence-electron chi connectivity index (χ0n) is 17.5. The molecule has 0 aliphatic heterocycles. The van der Waals surface area contributed by atoms with E-state index >= 15 is 0 Å². The number of aliphatic hydroxyl groups excluding tert-OH is 3. The minimum atomic E-state index is -0.954. The number of rotatable bonds is 16. The summed E-state index contributed by atoms with van der Waals surface area (Å²) < 4.78 is 4.82. The number of carbonyl (C=O) groups excluding carboxylic acids is 2. The first-order valence-electron chi connectivity index (χ1n) is 10.6. The summed E-state index contributed by atoms with van der Waals surface area (Å²) in [4.78, 5) is 22.9. The van der Waals surface area contributed by atoms with Gasteiger partial charge in [-0.25, -0.2) is 0 Å². The van der Waals surface area contributed by atoms with Gasteiger partial charge in [-0.1, -0.05) is 78.1 Å². The van der Waals surface area contributed by atoms with Crippen LogP contribution in [0, 0.1) is 0 Å². The summed E-state index contributed by atoms with van der Waals surface area (Å²) in [6, 6.07) is 0. The van der Waals surface area contributed by atoms with Gasteiger partial charge in [-0.15, -0.1) is 0 Å². The molecule has 0 amide bonds. The van der Waals surface area contributed by atoms with Crippen LogP contribution >= 0.6 is 0 Å². The molecule has 0 aromatic rings. The second kappa shape index (κ2) is 23.1. The Morgan fingerprint density at radius 1 is 0.667 bits per heavy atom. The largest absolute Gasteiger partial charge is 0.394 e. The highest BCUT2D eigenvalue weighted by Gasteiger charge is 2.09. The summed E-state index contributed by atoms with van der Waals surface area (Å²) in [5.41, 5.74) is 0. The van der Waals surface area contributed by atoms with E-state index in [9.17, 15) is 9.59 Å². The Hall–Kier alpha value is -0.980. The summed E-state index contributed by atoms with van der Waals surface area (Å²) in [5.74, 6) is -0.693. The maximum atomic E-state index is 11.5. The van der Waals surface area contributed by atoms with E-state index in [1.165, 1.54) is 44.9 Å². The molecule has 0 aliphatic carbocycles. The van der Waals surface area contributed by atoms with E-state index in [1.807, 2.05) is 0 Å². The van der Waals surface area contributed by atoms with Crippen molar-refractivity contribution in [2.75, 3.05) is 13.2 Å². The van der Waals surface area contributed by atoms with Crippen LogP contribution in [0.15, 0.2) is 0 Å². The Morgan fingerprint density at radius 3 is 1.30 bits per heavy atom. The molecule has 0 atom stereocenters. The van der Waals surface area contributed by atoms with Crippen molar-refractivity contribution in [1.82, 2.24) is 0 Å². The third kappa shape index (κ3) is 25.0. The van der Waals surface area contributed by atoms with Crippen LogP contribution in [0.3, 0.4) is 0 Å². The van der Waals surface area contributed by atoms with Crippen LogP contribution in [-0.2, 0) is 14.3 Å². The van der Waals surface area contributed by atoms with E-state index in [-0.39, 0.29) is 25.2 Å². The fraction of sp³-hybridized carbons (Fsp3) is 0.905. The standard InChI is InChI=1S/C18H34O3.C3H8O3/c1-3-5-7-9-10-12-14-16-18(20)21-17(19)15-13-11-8-6-4-2;4-1-3(6)2-5/h3-16H2,1-2H3;3-6H,1-2H2. The Kier molecular flexibility index (Phi) is 24.1. The summed E-state index contributed by atoms with van der Waals surface area (Å²) in [6.07, 6.45) is 13.4. The van der Waals surface area contributed by atoms with Gasteiger partial charge in [0.15, 0.2) is 0 Å². The molecular weight excluding hydrogens is 348 g/mol. The van der Waals surface area contributed by atoms with Crippen LogP contribution in [0.4, 0.5) is 0 Å². The lowest BCUT2D eigenvalue weighted by Gasteiger charge is -2.03. The molecule has 0 spiro atoms. The summed E-state index contributed by atoms with van der Waals surface area (Å²) in [6.45, 7) is 3.64. The summed E-state index contributed by atoms with van der Waals surface area (Å²) >= 11 is 0. The third-order valence-electron chi connectivity index (χ3n) is 4.12. The Balaban J connectivity index is 0. The molecule has 6 heteroatoms. The normalized spacial score (nSPS) is 10.4. The molecule has 0 aliphatic rings. The summed E-state index contributed by atoms with van der Waals surface area (Å²) in [7, 11) is 0. The number of unbranched alkanes of at least 4 members (excludes halogenated alkanes) is 10. The number of ether oxygens (including phenoxy) is 1. The second-order valence-corrected chi connectivity index (χ2v) is 6.90. The van der Waals surface area contributed by atoms with Crippen molar-refractivity contribution >= 4 is 11.9 Å². The molecule has 0 aromatic carbocycles. The van der Waals surface area contributed by atoms with Crippen molar-refractivity contribution in [3.8, 4) is 0 Å². The average Bonchev–Trinajstić information content (AvgIpc) is 2.66. The van der Waals surface area contributed by atoms with Crippen molar-refractivity contribution in [1.29, 1.82) is 0 Å². The first-order chi connectivity index (χ1) is 13.0. The fourth-order valence-corrected chi connectivity index (χ4v) is 2.39. The monoisotopic (exact) mass is 390 g/mol. The van der Waals surface area contributed by atoms with E-state index in [0.29, 0.717) is 12.8 Å². The molecule has 0 aromatic heterocycles. The predicted molar refractivity (Wildman–Crippen MR) is 107 cm³/mol. The van der Waals surface area contributed by atoms with Gasteiger partial charge in [-0.3, -0.25) is 9.59 Å². The van der Waals surface area contributed by atoms with Gasteiger partial charge >= 0.3 is 11.9 Å². The van der Waals surface area contributed by atoms with Gasteiger partial charge in [-0.2, -0.15) is 0 Å². The minimum absolute atomic E-state index is 0.345. The molecular formula is C21H42O6. The molecule has 0 unspecified atom stereocenters. The number of aliphatic hydroxyl groups is 3. The Labute approximate surface area is 165 Å². The molecule has 3 N–H and O–H groups in total. The van der Waals surface area contributed by atoms with Crippen LogP contribution in [-0.4, -0.2) is 46.6 Å². The van der Waals surface area contributed by atoms with Crippen LogP contribution in [0.5, 0.6) is 0 Å². The lowest BCUT2D eigenvalue weighted by Crippen LogP contribution is -2.15. The van der Waals surface area contributed by atoms with Gasteiger partial charge in [0.2, 0.25) is 0 Å². The van der Waals surface area contributed by atoms with E-state index in [4.69, 9.17) is 20.1 Å². The smallest absolute Gasteiger partial charge is 0.313 e. The molecule has 0 bridgehead atoms. The Bertz CT molecular complexity index is 329. The predicted octanol–water partition coefficient (Wildman–Crippen LogP) is 3.89. The topological polar surface area (TPSA) is 104 Å². The highest BCUT2D eigenvalue weighted by atomic mass is 16.6. The van der Waals surface area contributed by atoms with Gasteiger partial charge in [0, 0.05) is 12.8 Å². The minimum Gasteiger partial charge on any atom is -0.394 e. The van der Waals surface area contributed by atoms with Gasteiger partial charge in [-0.05, 0) is 12.8 Å². The van der Waals surface area contributed by atoms with Gasteiger partial charge < -0.3 is 20.1 Å². The Morgan fingerprint density at radius 2 is 1.00 bits per heavy atom. The van der Waals surface area contributed by atoms with Crippen molar-refractivity contribution in [2.24, 2.45) is 0 Å². The van der Waals surface area contributed by atoms with E-state index in [2.05, 4.69) is 13.8 Å². The number of esters is 2. The van der Waals surface area contributed by atoms with Gasteiger partial charge in [0.25, 0.3) is 0 Å². The van der Waals surface area contributed by atoms with Crippen LogP contribution in [0.2, 0.25) is 0 Å². The van der Waals surface area contributed by atoms with Crippen molar-refractivity contribution < 1.29 is 29.6 Å². The molecule has 0 fully saturated rings. The van der Waals surface area contributed by atoms with Crippen LogP contribution < -0.4 is 0 Å². The molecule has 0 radical (unpaired) electrons. The first kappa shape index (κ1) is 28.2. The highest BCUT2D eigenvalue weighted by Crippen LogP contribution is 2.10. The van der Waals surface area contributed by atoms with E-state index < -0.39 is 6.10 Å². The van der Waals surface area contributed by atoms with Gasteiger partial charge in [0.1, 0.15) is 6.10 Å². The molecule has 0 heterocycles. The SMILES string of the molecule is CCCCCCCCCC(=O)OC(=O)CCCCCCC.OCC(O)CO. The summed E-state index contributed by atoms with van der Waals surface area (Å²) in [5, 5.41) is 24.0. The zero-order valence-corrected chi connectivity index (χ0v) is 17.5. The van der Waals surface area contributed by atoms with Crippen LogP contribution in [0.1, 0.15) is 104 Å². The lowest BCUT2D eigenvalue weighted by atomic mass is 10.1. The number of hydrogen-bond donors (Lipinski definition) is 3. The average molecular weight is 391 g/mol. The number of carbonyl (C=O) groups is 2. The maximum absolute atomic E-state index is 11.5. The fourth-order valence-electron chi connectivity index (χ4n) is 2.39. The first-order valence-corrected chi connectivity index (χ1v) is 10.6. The van der Waals surface area contributed by atoms with E-state index in [1.54, 1.807) is 0 Å². The van der Waals surface area contributed by atoms with Crippen molar-refractivity contribution in [3.05, 3.63) is 0 Å². The molecule has 27 heavy (non-hydrogen) atoms.